The van der Waals surface area contributed by atoms with Crippen molar-refractivity contribution in [1.82, 2.24) is 0 Å². The number of ether oxygens (including phenoxy) is 2. The normalized spacial score (nSPS) is 24.0. The topological polar surface area (TPSA) is 35.5 Å². The van der Waals surface area contributed by atoms with Crippen LogP contribution in [0.3, 0.4) is 0 Å². The molecule has 2 unspecified atom stereocenters. The summed E-state index contributed by atoms with van der Waals surface area (Å²) in [5.41, 5.74) is 4.36. The number of rotatable bonds is 3. The van der Waals surface area contributed by atoms with Gasteiger partial charge in [-0.25, -0.2) is 0 Å². The van der Waals surface area contributed by atoms with Crippen LogP contribution < -0.4 is 4.74 Å². The molecule has 4 rings (SSSR count). The summed E-state index contributed by atoms with van der Waals surface area (Å²) in [6.07, 6.45) is 4.43. The Morgan fingerprint density at radius 2 is 1.85 bits per heavy atom. The Bertz CT molecular complexity index is 818. The molecule has 0 bridgehead atoms. The zero-order chi connectivity index (χ0) is 18.1. The monoisotopic (exact) mass is 347 g/mol. The first-order valence-corrected chi connectivity index (χ1v) is 9.08. The molecule has 1 aliphatic heterocycles. The molecule has 0 aromatic heterocycles. The molecule has 0 amide bonds. The molecule has 2 aliphatic rings. The maximum atomic E-state index is 12.9. The molecular weight excluding hydrogens is 324 g/mol. The van der Waals surface area contributed by atoms with Gasteiger partial charge in [0.15, 0.2) is 12.3 Å². The molecule has 2 fully saturated rings. The average Bonchev–Trinajstić information content (AvgIpc) is 2.99. The maximum absolute atomic E-state index is 12.9. The van der Waals surface area contributed by atoms with Gasteiger partial charge in [0.1, 0.15) is 12.4 Å². The third kappa shape index (κ3) is 3.27. The summed E-state index contributed by atoms with van der Waals surface area (Å²) in [6, 6.07) is 16.3. The Kier molecular flexibility index (Phi) is 4.56. The number of aryl methyl sites for hydroxylation is 1. The van der Waals surface area contributed by atoms with Crippen LogP contribution in [-0.4, -0.2) is 19.5 Å². The largest absolute Gasteiger partial charge is 0.497 e. The van der Waals surface area contributed by atoms with E-state index in [1.54, 1.807) is 7.11 Å². The fraction of sp³-hybridized carbons (Fsp3) is 0.304. The van der Waals surface area contributed by atoms with Gasteiger partial charge in [0.25, 0.3) is 6.10 Å². The lowest BCUT2D eigenvalue weighted by molar-refractivity contribution is -0.120. The van der Waals surface area contributed by atoms with Gasteiger partial charge >= 0.3 is 0 Å². The van der Waals surface area contributed by atoms with E-state index in [0.29, 0.717) is 13.0 Å². The average molecular weight is 347 g/mol. The van der Waals surface area contributed by atoms with E-state index in [-0.39, 0.29) is 17.6 Å². The number of benzene rings is 2. The highest BCUT2D eigenvalue weighted by molar-refractivity contribution is 6.05. The first kappa shape index (κ1) is 16.9. The minimum atomic E-state index is -0.104. The lowest BCUT2D eigenvalue weighted by Gasteiger charge is -2.23. The Hall–Kier alpha value is -2.52. The van der Waals surface area contributed by atoms with E-state index in [0.717, 1.165) is 29.4 Å². The number of ketones is 1. The zero-order valence-corrected chi connectivity index (χ0v) is 15.2. The second-order valence-electron chi connectivity index (χ2n) is 7.16. The van der Waals surface area contributed by atoms with Gasteiger partial charge in [-0.3, -0.25) is 4.79 Å². The summed E-state index contributed by atoms with van der Waals surface area (Å²) >= 11 is 0. The van der Waals surface area contributed by atoms with Crippen molar-refractivity contribution in [2.45, 2.75) is 25.7 Å². The maximum Gasteiger partial charge on any atom is 0.257 e. The third-order valence-corrected chi connectivity index (χ3v) is 5.38. The molecule has 0 radical (unpaired) electrons. The number of Topliss-reactive ketones (excluding diaryl/α,β-unsaturated/α-hetero) is 1. The lowest BCUT2D eigenvalue weighted by Crippen LogP contribution is -2.27. The summed E-state index contributed by atoms with van der Waals surface area (Å²) in [4.78, 5) is 12.9. The first-order chi connectivity index (χ1) is 12.6. The second kappa shape index (κ2) is 7.00. The zero-order valence-electron chi connectivity index (χ0n) is 15.2. The number of fused-ring (bicyclic) bond motifs is 1. The highest BCUT2D eigenvalue weighted by Crippen LogP contribution is 2.45. The van der Waals surface area contributed by atoms with Crippen molar-refractivity contribution in [3.63, 3.8) is 0 Å². The number of hydrogen-bond donors (Lipinski definition) is 0. The lowest BCUT2D eigenvalue weighted by atomic mass is 9.84. The van der Waals surface area contributed by atoms with Crippen LogP contribution in [0.2, 0.25) is 0 Å². The van der Waals surface area contributed by atoms with Gasteiger partial charge in [-0.1, -0.05) is 42.0 Å². The Balaban J connectivity index is 1.50. The van der Waals surface area contributed by atoms with Crippen LogP contribution in [0.1, 0.15) is 35.4 Å². The summed E-state index contributed by atoms with van der Waals surface area (Å²) in [5.74, 6) is 1.21. The van der Waals surface area contributed by atoms with Crippen LogP contribution in [0.5, 0.6) is 5.75 Å². The predicted octanol–water partition coefficient (Wildman–Crippen LogP) is 4.71. The van der Waals surface area contributed by atoms with E-state index >= 15 is 0 Å². The molecular formula is C23H23O3+. The number of hydrogen-bond acceptors (Lipinski definition) is 3. The van der Waals surface area contributed by atoms with Crippen molar-refractivity contribution < 1.29 is 14.3 Å². The molecule has 0 spiro atoms. The van der Waals surface area contributed by atoms with Crippen molar-refractivity contribution in [1.29, 1.82) is 0 Å². The molecule has 1 saturated heterocycles. The van der Waals surface area contributed by atoms with Crippen LogP contribution in [0.15, 0.2) is 54.1 Å². The molecule has 2 aromatic carbocycles. The fourth-order valence-corrected chi connectivity index (χ4v) is 3.81. The fourth-order valence-electron chi connectivity index (χ4n) is 3.81. The van der Waals surface area contributed by atoms with Crippen molar-refractivity contribution in [3.8, 4) is 5.75 Å². The van der Waals surface area contributed by atoms with E-state index in [9.17, 15) is 4.79 Å². The first-order valence-electron chi connectivity index (χ1n) is 9.08. The van der Waals surface area contributed by atoms with E-state index in [4.69, 9.17) is 9.47 Å². The van der Waals surface area contributed by atoms with Gasteiger partial charge in [0, 0.05) is 17.9 Å². The van der Waals surface area contributed by atoms with Crippen molar-refractivity contribution >= 4 is 11.9 Å². The van der Waals surface area contributed by atoms with E-state index in [1.165, 1.54) is 11.1 Å². The van der Waals surface area contributed by atoms with Crippen molar-refractivity contribution in [2.24, 2.45) is 5.92 Å². The molecule has 2 atom stereocenters. The molecule has 0 N–H and O–H groups in total. The molecule has 1 heterocycles. The minimum Gasteiger partial charge on any atom is -0.497 e. The van der Waals surface area contributed by atoms with Gasteiger partial charge in [-0.05, 0) is 36.3 Å². The van der Waals surface area contributed by atoms with Gasteiger partial charge in [-0.15, -0.1) is 0 Å². The summed E-state index contributed by atoms with van der Waals surface area (Å²) in [5, 5.41) is 0. The van der Waals surface area contributed by atoms with Gasteiger partial charge in [-0.2, -0.15) is 4.74 Å². The Morgan fingerprint density at radius 1 is 1.12 bits per heavy atom. The molecule has 2 aromatic rings. The third-order valence-electron chi connectivity index (χ3n) is 5.38. The van der Waals surface area contributed by atoms with Crippen LogP contribution in [0, 0.1) is 18.9 Å². The molecule has 1 aliphatic carbocycles. The Morgan fingerprint density at radius 3 is 2.54 bits per heavy atom. The molecule has 1 saturated carbocycles. The quantitative estimate of drug-likeness (QED) is 0.596. The van der Waals surface area contributed by atoms with Gasteiger partial charge in [0.05, 0.1) is 7.11 Å². The second-order valence-corrected chi connectivity index (χ2v) is 7.16. The smallest absolute Gasteiger partial charge is 0.257 e. The number of carbonyl (C=O) groups excluding carboxylic acids is 1. The van der Waals surface area contributed by atoms with Crippen LogP contribution in [0.25, 0.3) is 6.08 Å². The molecule has 26 heavy (non-hydrogen) atoms. The highest BCUT2D eigenvalue weighted by atomic mass is 16.5. The summed E-state index contributed by atoms with van der Waals surface area (Å²) < 4.78 is 11.2. The Labute approximate surface area is 154 Å². The standard InChI is InChI=1S/C23H23O3/c1-15-3-5-16(6-4-15)11-18-13-22-21(23(18)24)12-19(14-26-22)17-7-9-20(25-2)10-8-17/h3-11,19,21H,12-14H2,1-2H3/q+1/b18-11-. The van der Waals surface area contributed by atoms with Crippen LogP contribution >= 0.6 is 0 Å². The molecule has 3 heteroatoms. The van der Waals surface area contributed by atoms with Crippen LogP contribution in [-0.2, 0) is 9.53 Å². The predicted molar refractivity (Wildman–Crippen MR) is 102 cm³/mol. The highest BCUT2D eigenvalue weighted by Gasteiger charge is 2.54. The number of methoxy groups -OCH3 is 1. The molecule has 3 nitrogen and oxygen atoms in total. The van der Waals surface area contributed by atoms with Gasteiger partial charge in [0.2, 0.25) is 5.78 Å². The summed E-state index contributed by atoms with van der Waals surface area (Å²) in [6.45, 7) is 2.71. The van der Waals surface area contributed by atoms with E-state index in [1.807, 2.05) is 18.2 Å². The van der Waals surface area contributed by atoms with E-state index < -0.39 is 0 Å². The minimum absolute atomic E-state index is 0.104. The summed E-state index contributed by atoms with van der Waals surface area (Å²) in [7, 11) is 1.67. The van der Waals surface area contributed by atoms with Gasteiger partial charge < -0.3 is 4.74 Å². The number of carbonyl (C=O) groups is 1. The SMILES string of the molecule is COc1ccc(C2CO[C+]3C/C(=C/c4ccc(C)cc4)C(=O)C3C2)cc1. The van der Waals surface area contributed by atoms with Crippen LogP contribution in [0.4, 0.5) is 0 Å². The van der Waals surface area contributed by atoms with E-state index in [2.05, 4.69) is 43.3 Å². The molecule has 132 valence electrons. The van der Waals surface area contributed by atoms with Crippen molar-refractivity contribution in [3.05, 3.63) is 76.9 Å². The van der Waals surface area contributed by atoms with Crippen molar-refractivity contribution in [2.75, 3.05) is 13.7 Å².